The Morgan fingerprint density at radius 3 is 2.00 bits per heavy atom. The molecule has 30 heavy (non-hydrogen) atoms. The Hall–Kier alpha value is -1.73. The number of rotatable bonds is 2. The van der Waals surface area contributed by atoms with Crippen molar-refractivity contribution < 1.29 is 19.2 Å². The highest BCUT2D eigenvalue weighted by Crippen LogP contribution is 2.37. The second kappa shape index (κ2) is 7.45. The summed E-state index contributed by atoms with van der Waals surface area (Å²) in [6, 6.07) is 4.24. The lowest BCUT2D eigenvalue weighted by Crippen LogP contribution is -2.59. The van der Waals surface area contributed by atoms with Crippen molar-refractivity contribution in [1.29, 1.82) is 0 Å². The number of carbonyl (C=O) groups is 1. The lowest BCUT2D eigenvalue weighted by Gasteiger charge is -2.47. The average Bonchev–Trinajstić information content (AvgIpc) is 2.81. The molecule has 3 rings (SSSR count). The quantitative estimate of drug-likeness (QED) is 0.743. The van der Waals surface area contributed by atoms with Gasteiger partial charge in [-0.3, -0.25) is 0 Å². The minimum atomic E-state index is -0.834. The third kappa shape index (κ3) is 4.06. The van der Waals surface area contributed by atoms with E-state index in [0.29, 0.717) is 19.6 Å². The van der Waals surface area contributed by atoms with Gasteiger partial charge in [0.05, 0.1) is 17.2 Å². The normalized spacial score (nSPS) is 23.8. The smallest absolute Gasteiger partial charge is 0.465 e. The first-order valence-electron chi connectivity index (χ1n) is 10.9. The van der Waals surface area contributed by atoms with Crippen molar-refractivity contribution in [2.45, 2.75) is 79.6 Å². The van der Waals surface area contributed by atoms with Crippen molar-refractivity contribution in [3.63, 3.8) is 0 Å². The molecule has 166 valence electrons. The second-order valence-corrected chi connectivity index (χ2v) is 10.9. The predicted molar refractivity (Wildman–Crippen MR) is 122 cm³/mol. The van der Waals surface area contributed by atoms with Crippen molar-refractivity contribution >= 4 is 24.4 Å². The van der Waals surface area contributed by atoms with Gasteiger partial charge >= 0.3 is 13.2 Å². The second-order valence-electron chi connectivity index (χ2n) is 10.9. The van der Waals surface area contributed by atoms with Crippen LogP contribution < -0.4 is 10.4 Å². The molecule has 2 aliphatic heterocycles. The van der Waals surface area contributed by atoms with Crippen LogP contribution in [0.2, 0.25) is 0 Å². The topological polar surface area (TPSA) is 62.2 Å². The zero-order chi connectivity index (χ0) is 22.6. The van der Waals surface area contributed by atoms with E-state index in [-0.39, 0.29) is 29.8 Å². The number of anilines is 1. The molecular weight excluding hydrogens is 379 g/mol. The third-order valence-corrected chi connectivity index (χ3v) is 6.98. The number of piperazine rings is 1. The van der Waals surface area contributed by atoms with E-state index in [1.54, 1.807) is 4.90 Å². The molecule has 2 heterocycles. The SMILES string of the molecule is Cc1cc(B2OC(C)(C)C(C)(C)O2)cc(C)c1N1CCN(C(=O)O)C(C(C)(C)C)C1. The number of carboxylic acid groups (broad SMARTS) is 1. The molecule has 2 saturated heterocycles. The molecule has 1 aromatic carbocycles. The van der Waals surface area contributed by atoms with Crippen LogP contribution in [0.25, 0.3) is 0 Å². The van der Waals surface area contributed by atoms with Crippen molar-refractivity contribution in [2.75, 3.05) is 24.5 Å². The van der Waals surface area contributed by atoms with E-state index in [4.69, 9.17) is 9.31 Å². The predicted octanol–water partition coefficient (Wildman–Crippen LogP) is 3.82. The van der Waals surface area contributed by atoms with Gasteiger partial charge in [-0.2, -0.15) is 0 Å². The first-order valence-corrected chi connectivity index (χ1v) is 10.9. The highest BCUT2D eigenvalue weighted by Gasteiger charge is 2.52. The molecule has 0 bridgehead atoms. The number of nitrogens with zero attached hydrogens (tertiary/aromatic N) is 2. The Balaban J connectivity index is 1.89. The molecule has 0 radical (unpaired) electrons. The summed E-state index contributed by atoms with van der Waals surface area (Å²) in [6.45, 7) is 20.7. The van der Waals surface area contributed by atoms with Crippen LogP contribution in [-0.2, 0) is 9.31 Å². The van der Waals surface area contributed by atoms with E-state index in [1.807, 2.05) is 0 Å². The van der Waals surface area contributed by atoms with Gasteiger partial charge in [-0.25, -0.2) is 4.79 Å². The standard InChI is InChI=1S/C23H37BN2O4/c1-15-12-17(24-29-22(6,7)23(8,9)30-24)13-16(2)19(15)25-10-11-26(20(27)28)18(14-25)21(3,4)5/h12-13,18H,10-11,14H2,1-9H3,(H,27,28). The number of amides is 1. The molecule has 1 unspecified atom stereocenters. The van der Waals surface area contributed by atoms with Crippen LogP contribution >= 0.6 is 0 Å². The van der Waals surface area contributed by atoms with E-state index in [1.165, 1.54) is 5.69 Å². The van der Waals surface area contributed by atoms with Crippen LogP contribution in [0.1, 0.15) is 59.6 Å². The van der Waals surface area contributed by atoms with Gasteiger partial charge < -0.3 is 24.2 Å². The van der Waals surface area contributed by atoms with E-state index in [9.17, 15) is 9.90 Å². The largest absolute Gasteiger partial charge is 0.494 e. The number of hydrogen-bond acceptors (Lipinski definition) is 4. The number of hydrogen-bond donors (Lipinski definition) is 1. The number of benzene rings is 1. The molecule has 1 N–H and O–H groups in total. The summed E-state index contributed by atoms with van der Waals surface area (Å²) >= 11 is 0. The summed E-state index contributed by atoms with van der Waals surface area (Å²) in [4.78, 5) is 15.7. The van der Waals surface area contributed by atoms with Crippen molar-refractivity contribution in [3.8, 4) is 0 Å². The molecule has 1 aromatic rings. The Kier molecular flexibility index (Phi) is 5.70. The highest BCUT2D eigenvalue weighted by atomic mass is 16.7. The molecule has 0 spiro atoms. The Bertz CT molecular complexity index is 792. The van der Waals surface area contributed by atoms with E-state index in [0.717, 1.165) is 16.6 Å². The Labute approximate surface area is 181 Å². The third-order valence-electron chi connectivity index (χ3n) is 6.98. The van der Waals surface area contributed by atoms with Gasteiger partial charge in [0, 0.05) is 25.3 Å². The molecular formula is C23H37BN2O4. The summed E-state index contributed by atoms with van der Waals surface area (Å²) in [5.74, 6) is 0. The Morgan fingerprint density at radius 2 is 1.57 bits per heavy atom. The molecule has 1 atom stereocenters. The molecule has 1 amide bonds. The first kappa shape index (κ1) is 22.9. The van der Waals surface area contributed by atoms with E-state index >= 15 is 0 Å². The summed E-state index contributed by atoms with van der Waals surface area (Å²) in [5, 5.41) is 9.66. The summed E-state index contributed by atoms with van der Waals surface area (Å²) in [6.07, 6.45) is -0.834. The average molecular weight is 416 g/mol. The molecule has 2 aliphatic rings. The maximum absolute atomic E-state index is 11.8. The molecule has 7 heteroatoms. The van der Waals surface area contributed by atoms with Gasteiger partial charge in [0.15, 0.2) is 0 Å². The lowest BCUT2D eigenvalue weighted by atomic mass is 9.77. The molecule has 0 saturated carbocycles. The first-order chi connectivity index (χ1) is 13.6. The highest BCUT2D eigenvalue weighted by molar-refractivity contribution is 6.62. The van der Waals surface area contributed by atoms with E-state index in [2.05, 4.69) is 79.3 Å². The van der Waals surface area contributed by atoms with Gasteiger partial charge in [-0.15, -0.1) is 0 Å². The minimum absolute atomic E-state index is 0.0645. The zero-order valence-electron chi connectivity index (χ0n) is 20.0. The van der Waals surface area contributed by atoms with E-state index < -0.39 is 6.09 Å². The maximum atomic E-state index is 11.8. The summed E-state index contributed by atoms with van der Waals surface area (Å²) in [5.41, 5.74) is 3.67. The van der Waals surface area contributed by atoms with Gasteiger partial charge in [-0.1, -0.05) is 32.9 Å². The van der Waals surface area contributed by atoms with Crippen LogP contribution in [0, 0.1) is 19.3 Å². The van der Waals surface area contributed by atoms with Crippen LogP contribution in [-0.4, -0.2) is 60.1 Å². The van der Waals surface area contributed by atoms with Crippen LogP contribution in [0.3, 0.4) is 0 Å². The Morgan fingerprint density at radius 1 is 1.07 bits per heavy atom. The maximum Gasteiger partial charge on any atom is 0.494 e. The number of aryl methyl sites for hydroxylation is 2. The van der Waals surface area contributed by atoms with Gasteiger partial charge in [0.1, 0.15) is 0 Å². The minimum Gasteiger partial charge on any atom is -0.465 e. The fourth-order valence-electron chi connectivity index (χ4n) is 4.56. The van der Waals surface area contributed by atoms with Crippen molar-refractivity contribution in [3.05, 3.63) is 23.3 Å². The van der Waals surface area contributed by atoms with Gasteiger partial charge in [0.25, 0.3) is 0 Å². The molecule has 0 aliphatic carbocycles. The fourth-order valence-corrected chi connectivity index (χ4v) is 4.56. The van der Waals surface area contributed by atoms with Gasteiger partial charge in [0.2, 0.25) is 0 Å². The van der Waals surface area contributed by atoms with Crippen LogP contribution in [0.4, 0.5) is 10.5 Å². The van der Waals surface area contributed by atoms with Gasteiger partial charge in [-0.05, 0) is 63.5 Å². The zero-order valence-corrected chi connectivity index (χ0v) is 20.0. The monoisotopic (exact) mass is 416 g/mol. The summed E-state index contributed by atoms with van der Waals surface area (Å²) < 4.78 is 12.5. The van der Waals surface area contributed by atoms with Crippen LogP contribution in [0.5, 0.6) is 0 Å². The van der Waals surface area contributed by atoms with Crippen molar-refractivity contribution in [2.24, 2.45) is 5.41 Å². The molecule has 2 fully saturated rings. The molecule has 0 aromatic heterocycles. The fraction of sp³-hybridized carbons (Fsp3) is 0.696. The lowest BCUT2D eigenvalue weighted by molar-refractivity contribution is 0.00578. The van der Waals surface area contributed by atoms with Crippen LogP contribution in [0.15, 0.2) is 12.1 Å². The summed E-state index contributed by atoms with van der Waals surface area (Å²) in [7, 11) is -0.382. The molecule has 6 nitrogen and oxygen atoms in total. The van der Waals surface area contributed by atoms with Crippen molar-refractivity contribution in [1.82, 2.24) is 4.90 Å².